The summed E-state index contributed by atoms with van der Waals surface area (Å²) in [7, 11) is 1.64. The number of oxazole rings is 1. The second kappa shape index (κ2) is 7.82. The number of benzene rings is 3. The maximum absolute atomic E-state index is 5.88. The number of aliphatic imine (C=N–C) groups is 1. The first kappa shape index (κ1) is 18.2. The van der Waals surface area contributed by atoms with E-state index in [4.69, 9.17) is 9.15 Å². The van der Waals surface area contributed by atoms with Gasteiger partial charge < -0.3 is 9.15 Å². The molecule has 0 fully saturated rings. The molecule has 4 aromatic rings. The SMILES string of the molecule is COc1ccc(C=Nc2ccc3oc(-c4cccc(I)c4)nc3c2)cc1Br. The molecular weight excluding hydrogens is 519 g/mol. The molecule has 0 spiro atoms. The number of aromatic nitrogens is 1. The van der Waals surface area contributed by atoms with E-state index in [-0.39, 0.29) is 0 Å². The zero-order chi connectivity index (χ0) is 18.8. The third-order valence-electron chi connectivity index (χ3n) is 3.98. The summed E-state index contributed by atoms with van der Waals surface area (Å²) < 4.78 is 13.2. The van der Waals surface area contributed by atoms with Gasteiger partial charge in [0.15, 0.2) is 5.58 Å². The van der Waals surface area contributed by atoms with Crippen molar-refractivity contribution in [2.24, 2.45) is 4.99 Å². The lowest BCUT2D eigenvalue weighted by molar-refractivity contribution is 0.412. The fraction of sp³-hybridized carbons (Fsp3) is 0.0476. The lowest BCUT2D eigenvalue weighted by atomic mass is 10.2. The van der Waals surface area contributed by atoms with Gasteiger partial charge in [-0.2, -0.15) is 0 Å². The highest BCUT2D eigenvalue weighted by Crippen LogP contribution is 2.28. The Kier molecular flexibility index (Phi) is 5.27. The van der Waals surface area contributed by atoms with Crippen LogP contribution < -0.4 is 4.74 Å². The molecule has 0 bridgehead atoms. The number of halogens is 2. The van der Waals surface area contributed by atoms with Crippen LogP contribution in [0.5, 0.6) is 5.75 Å². The van der Waals surface area contributed by atoms with E-state index in [0.29, 0.717) is 5.89 Å². The Morgan fingerprint density at radius 2 is 2.00 bits per heavy atom. The van der Waals surface area contributed by atoms with Crippen LogP contribution in [0.3, 0.4) is 0 Å². The van der Waals surface area contributed by atoms with Crippen LogP contribution in [-0.2, 0) is 0 Å². The van der Waals surface area contributed by atoms with Gasteiger partial charge >= 0.3 is 0 Å². The van der Waals surface area contributed by atoms with Crippen LogP contribution in [0.15, 0.2) is 74.5 Å². The summed E-state index contributed by atoms with van der Waals surface area (Å²) in [4.78, 5) is 9.16. The molecule has 0 saturated carbocycles. The zero-order valence-corrected chi connectivity index (χ0v) is 18.1. The Balaban J connectivity index is 1.62. The quantitative estimate of drug-likeness (QED) is 0.219. The molecule has 134 valence electrons. The van der Waals surface area contributed by atoms with Crippen molar-refractivity contribution in [3.8, 4) is 17.2 Å². The van der Waals surface area contributed by atoms with E-state index in [0.717, 1.165) is 41.7 Å². The predicted molar refractivity (Wildman–Crippen MR) is 120 cm³/mol. The van der Waals surface area contributed by atoms with Gasteiger partial charge in [0.1, 0.15) is 11.3 Å². The molecule has 0 aliphatic rings. The summed E-state index contributed by atoms with van der Waals surface area (Å²) >= 11 is 5.77. The molecule has 0 N–H and O–H groups in total. The van der Waals surface area contributed by atoms with Crippen LogP contribution in [0.25, 0.3) is 22.6 Å². The summed E-state index contributed by atoms with van der Waals surface area (Å²) in [6.07, 6.45) is 1.81. The van der Waals surface area contributed by atoms with Gasteiger partial charge in [-0.05, 0) is 98.7 Å². The molecule has 27 heavy (non-hydrogen) atoms. The Hall–Kier alpha value is -2.19. The maximum atomic E-state index is 5.88. The molecule has 0 aliphatic heterocycles. The van der Waals surface area contributed by atoms with Crippen molar-refractivity contribution in [2.75, 3.05) is 7.11 Å². The highest BCUT2D eigenvalue weighted by atomic mass is 127. The van der Waals surface area contributed by atoms with E-state index in [1.54, 1.807) is 7.11 Å². The number of fused-ring (bicyclic) bond motifs is 1. The van der Waals surface area contributed by atoms with Gasteiger partial charge in [0.2, 0.25) is 5.89 Å². The average Bonchev–Trinajstić information content (AvgIpc) is 3.10. The van der Waals surface area contributed by atoms with Gasteiger partial charge in [-0.1, -0.05) is 6.07 Å². The minimum absolute atomic E-state index is 0.615. The van der Waals surface area contributed by atoms with E-state index in [2.05, 4.69) is 48.5 Å². The molecule has 3 aromatic carbocycles. The van der Waals surface area contributed by atoms with E-state index < -0.39 is 0 Å². The second-order valence-electron chi connectivity index (χ2n) is 5.83. The summed E-state index contributed by atoms with van der Waals surface area (Å²) in [5.74, 6) is 1.41. The van der Waals surface area contributed by atoms with Gasteiger partial charge in [0.25, 0.3) is 0 Å². The van der Waals surface area contributed by atoms with E-state index in [1.165, 1.54) is 0 Å². The first-order chi connectivity index (χ1) is 13.1. The van der Waals surface area contributed by atoms with Crippen molar-refractivity contribution in [1.29, 1.82) is 0 Å². The van der Waals surface area contributed by atoms with Gasteiger partial charge in [-0.3, -0.25) is 4.99 Å². The highest BCUT2D eigenvalue weighted by molar-refractivity contribution is 14.1. The smallest absolute Gasteiger partial charge is 0.227 e. The fourth-order valence-electron chi connectivity index (χ4n) is 2.65. The first-order valence-electron chi connectivity index (χ1n) is 8.16. The second-order valence-corrected chi connectivity index (χ2v) is 7.93. The number of hydrogen-bond donors (Lipinski definition) is 0. The lowest BCUT2D eigenvalue weighted by Gasteiger charge is -2.03. The summed E-state index contributed by atoms with van der Waals surface area (Å²) in [5.41, 5.74) is 4.29. The molecule has 4 rings (SSSR count). The lowest BCUT2D eigenvalue weighted by Crippen LogP contribution is -1.86. The predicted octanol–water partition coefficient (Wildman–Crippen LogP) is 6.62. The van der Waals surface area contributed by atoms with Crippen molar-refractivity contribution < 1.29 is 9.15 Å². The molecular formula is C21H14BrIN2O2. The van der Waals surface area contributed by atoms with Crippen molar-refractivity contribution in [3.05, 3.63) is 74.3 Å². The number of methoxy groups -OCH3 is 1. The molecule has 0 atom stereocenters. The molecule has 4 nitrogen and oxygen atoms in total. The summed E-state index contributed by atoms with van der Waals surface area (Å²) in [6.45, 7) is 0. The monoisotopic (exact) mass is 532 g/mol. The molecule has 0 radical (unpaired) electrons. The average molecular weight is 533 g/mol. The van der Waals surface area contributed by atoms with Crippen molar-refractivity contribution in [3.63, 3.8) is 0 Å². The first-order valence-corrected chi connectivity index (χ1v) is 10.0. The highest BCUT2D eigenvalue weighted by Gasteiger charge is 2.09. The number of hydrogen-bond acceptors (Lipinski definition) is 4. The van der Waals surface area contributed by atoms with Gasteiger partial charge in [0.05, 0.1) is 17.3 Å². The van der Waals surface area contributed by atoms with Crippen LogP contribution in [0, 0.1) is 3.57 Å². The normalized spacial score (nSPS) is 11.4. The standard InChI is InChI=1S/C21H14BrIN2O2/c1-26-19-7-5-13(9-17(19)22)12-24-16-6-8-20-18(11-16)25-21(27-20)14-3-2-4-15(23)10-14/h2-12H,1H3. The minimum Gasteiger partial charge on any atom is -0.496 e. The third-order valence-corrected chi connectivity index (χ3v) is 5.27. The fourth-order valence-corrected chi connectivity index (χ4v) is 3.75. The van der Waals surface area contributed by atoms with Gasteiger partial charge in [-0.25, -0.2) is 4.98 Å². The van der Waals surface area contributed by atoms with Crippen LogP contribution >= 0.6 is 38.5 Å². The van der Waals surface area contributed by atoms with E-state index >= 15 is 0 Å². The summed E-state index contributed by atoms with van der Waals surface area (Å²) in [6, 6.07) is 19.6. The number of rotatable bonds is 4. The Morgan fingerprint density at radius 3 is 2.78 bits per heavy atom. The summed E-state index contributed by atoms with van der Waals surface area (Å²) in [5, 5.41) is 0. The number of nitrogens with zero attached hydrogens (tertiary/aromatic N) is 2. The largest absolute Gasteiger partial charge is 0.496 e. The zero-order valence-electron chi connectivity index (χ0n) is 14.3. The van der Waals surface area contributed by atoms with E-state index in [9.17, 15) is 0 Å². The van der Waals surface area contributed by atoms with Crippen LogP contribution in [0.4, 0.5) is 5.69 Å². The van der Waals surface area contributed by atoms with Gasteiger partial charge in [0, 0.05) is 15.3 Å². The Morgan fingerprint density at radius 1 is 1.11 bits per heavy atom. The van der Waals surface area contributed by atoms with Crippen LogP contribution in [0.1, 0.15) is 5.56 Å². The molecule has 1 heterocycles. The molecule has 0 unspecified atom stereocenters. The Bertz CT molecular complexity index is 1150. The molecule has 1 aromatic heterocycles. The minimum atomic E-state index is 0.615. The maximum Gasteiger partial charge on any atom is 0.227 e. The topological polar surface area (TPSA) is 47.6 Å². The van der Waals surface area contributed by atoms with Crippen molar-refractivity contribution in [1.82, 2.24) is 4.98 Å². The Labute approximate surface area is 178 Å². The van der Waals surface area contributed by atoms with Crippen molar-refractivity contribution in [2.45, 2.75) is 0 Å². The third kappa shape index (κ3) is 4.06. The molecule has 0 aliphatic carbocycles. The molecule has 0 saturated heterocycles. The number of ether oxygens (including phenoxy) is 1. The van der Waals surface area contributed by atoms with Crippen molar-refractivity contribution >= 4 is 61.5 Å². The van der Waals surface area contributed by atoms with E-state index in [1.807, 2.05) is 66.9 Å². The van der Waals surface area contributed by atoms with Gasteiger partial charge in [-0.15, -0.1) is 0 Å². The van der Waals surface area contributed by atoms with Crippen LogP contribution in [0.2, 0.25) is 0 Å². The molecule has 0 amide bonds. The molecule has 6 heteroatoms. The van der Waals surface area contributed by atoms with Crippen LogP contribution in [-0.4, -0.2) is 18.3 Å².